The Morgan fingerprint density at radius 1 is 1.50 bits per heavy atom. The molecule has 1 rings (SSSR count). The average molecular weight is 257 g/mol. The Labute approximate surface area is 110 Å². The van der Waals surface area contributed by atoms with E-state index in [1.807, 2.05) is 11.8 Å². The van der Waals surface area contributed by atoms with E-state index in [0.29, 0.717) is 19.4 Å². The molecule has 0 spiro atoms. The molecule has 0 aromatic heterocycles. The predicted octanol–water partition coefficient (Wildman–Crippen LogP) is 0.0289. The number of nitrogens with zero attached hydrogens (tertiary/aromatic N) is 2. The zero-order valence-corrected chi connectivity index (χ0v) is 11.6. The van der Waals surface area contributed by atoms with Gasteiger partial charge in [-0.25, -0.2) is 0 Å². The van der Waals surface area contributed by atoms with Crippen molar-refractivity contribution in [2.45, 2.75) is 44.7 Å². The second-order valence-electron chi connectivity index (χ2n) is 5.36. The number of likely N-dealkylation sites (tertiary alicyclic amines) is 1. The molecule has 0 radical (unpaired) electrons. The molecule has 106 valence electrons. The van der Waals surface area contributed by atoms with Gasteiger partial charge in [0.05, 0.1) is 6.61 Å². The van der Waals surface area contributed by atoms with Crippen molar-refractivity contribution in [3.05, 3.63) is 0 Å². The van der Waals surface area contributed by atoms with Crippen LogP contribution in [-0.2, 0) is 4.79 Å². The van der Waals surface area contributed by atoms with Gasteiger partial charge in [0, 0.05) is 25.0 Å². The average Bonchev–Trinajstić information content (AvgIpc) is 2.34. The van der Waals surface area contributed by atoms with Crippen LogP contribution < -0.4 is 5.73 Å². The van der Waals surface area contributed by atoms with Crippen LogP contribution in [0.2, 0.25) is 0 Å². The fraction of sp³-hybridized carbons (Fsp3) is 0.923. The zero-order valence-electron chi connectivity index (χ0n) is 11.6. The van der Waals surface area contributed by atoms with Gasteiger partial charge in [-0.2, -0.15) is 0 Å². The van der Waals surface area contributed by atoms with Gasteiger partial charge in [-0.3, -0.25) is 4.79 Å². The summed E-state index contributed by atoms with van der Waals surface area (Å²) < 4.78 is 0. The van der Waals surface area contributed by atoms with Crippen LogP contribution in [0.5, 0.6) is 0 Å². The van der Waals surface area contributed by atoms with Crippen molar-refractivity contribution in [2.75, 3.05) is 33.3 Å². The fourth-order valence-corrected chi connectivity index (χ4v) is 2.42. The lowest BCUT2D eigenvalue weighted by Gasteiger charge is -2.37. The summed E-state index contributed by atoms with van der Waals surface area (Å²) in [5.74, 6) is 0.135. The molecule has 0 saturated carbocycles. The molecule has 1 fully saturated rings. The summed E-state index contributed by atoms with van der Waals surface area (Å²) in [4.78, 5) is 16.3. The molecule has 0 bridgehead atoms. The van der Waals surface area contributed by atoms with Crippen molar-refractivity contribution in [2.24, 2.45) is 5.73 Å². The highest BCUT2D eigenvalue weighted by Crippen LogP contribution is 2.17. The molecule has 0 aromatic carbocycles. The van der Waals surface area contributed by atoms with Crippen molar-refractivity contribution in [3.8, 4) is 0 Å². The van der Waals surface area contributed by atoms with Crippen LogP contribution in [0.25, 0.3) is 0 Å². The second-order valence-corrected chi connectivity index (χ2v) is 5.36. The number of aliphatic hydroxyl groups is 1. The van der Waals surface area contributed by atoms with E-state index in [4.69, 9.17) is 10.8 Å². The number of amides is 1. The molecular weight excluding hydrogens is 230 g/mol. The molecule has 18 heavy (non-hydrogen) atoms. The topological polar surface area (TPSA) is 69.8 Å². The number of nitrogens with two attached hydrogens (primary N) is 1. The van der Waals surface area contributed by atoms with Gasteiger partial charge in [0.15, 0.2) is 0 Å². The number of hydrogen-bond acceptors (Lipinski definition) is 4. The van der Waals surface area contributed by atoms with Gasteiger partial charge in [0.2, 0.25) is 5.91 Å². The van der Waals surface area contributed by atoms with E-state index >= 15 is 0 Å². The van der Waals surface area contributed by atoms with Crippen LogP contribution in [0.3, 0.4) is 0 Å². The molecule has 1 aliphatic heterocycles. The summed E-state index contributed by atoms with van der Waals surface area (Å²) in [6.45, 7) is 4.45. The largest absolute Gasteiger partial charge is 0.395 e. The third-order valence-corrected chi connectivity index (χ3v) is 3.60. The SMILES string of the molecule is CC(N)CCC(=O)N(CCO)C1CCN(C)CC1. The monoisotopic (exact) mass is 257 g/mol. The van der Waals surface area contributed by atoms with E-state index in [-0.39, 0.29) is 24.6 Å². The van der Waals surface area contributed by atoms with Crippen molar-refractivity contribution >= 4 is 5.91 Å². The normalized spacial score (nSPS) is 19.8. The van der Waals surface area contributed by atoms with Crippen molar-refractivity contribution in [1.29, 1.82) is 0 Å². The predicted molar refractivity (Wildman–Crippen MR) is 72.2 cm³/mol. The lowest BCUT2D eigenvalue weighted by molar-refractivity contribution is -0.135. The summed E-state index contributed by atoms with van der Waals surface area (Å²) in [5, 5.41) is 9.12. The van der Waals surface area contributed by atoms with Gasteiger partial charge < -0.3 is 20.6 Å². The molecule has 1 atom stereocenters. The van der Waals surface area contributed by atoms with Crippen LogP contribution in [0.15, 0.2) is 0 Å². The molecule has 3 N–H and O–H groups in total. The van der Waals surface area contributed by atoms with Gasteiger partial charge >= 0.3 is 0 Å². The maximum Gasteiger partial charge on any atom is 0.222 e. The molecule has 0 aliphatic carbocycles. The van der Waals surface area contributed by atoms with E-state index in [2.05, 4.69) is 11.9 Å². The molecule has 1 saturated heterocycles. The molecule has 1 amide bonds. The summed E-state index contributed by atoms with van der Waals surface area (Å²) in [6.07, 6.45) is 3.21. The van der Waals surface area contributed by atoms with E-state index < -0.39 is 0 Å². The van der Waals surface area contributed by atoms with Crippen molar-refractivity contribution in [3.63, 3.8) is 0 Å². The lowest BCUT2D eigenvalue weighted by Crippen LogP contribution is -2.47. The maximum atomic E-state index is 12.2. The van der Waals surface area contributed by atoms with E-state index in [9.17, 15) is 4.79 Å². The number of piperidine rings is 1. The van der Waals surface area contributed by atoms with Crippen molar-refractivity contribution < 1.29 is 9.90 Å². The first-order valence-corrected chi connectivity index (χ1v) is 6.89. The molecule has 5 heteroatoms. The molecule has 1 unspecified atom stereocenters. The minimum atomic E-state index is 0.0380. The Balaban J connectivity index is 2.49. The number of rotatable bonds is 6. The van der Waals surface area contributed by atoms with Gasteiger partial charge in [-0.05, 0) is 46.3 Å². The first-order chi connectivity index (χ1) is 8.54. The molecule has 1 aliphatic rings. The summed E-state index contributed by atoms with van der Waals surface area (Å²) in [6, 6.07) is 0.344. The van der Waals surface area contributed by atoms with Gasteiger partial charge in [0.1, 0.15) is 0 Å². The number of carbonyl (C=O) groups is 1. The highest BCUT2D eigenvalue weighted by molar-refractivity contribution is 5.76. The second kappa shape index (κ2) is 7.71. The zero-order chi connectivity index (χ0) is 13.5. The molecule has 5 nitrogen and oxygen atoms in total. The van der Waals surface area contributed by atoms with Crippen LogP contribution in [0, 0.1) is 0 Å². The summed E-state index contributed by atoms with van der Waals surface area (Å²) >= 11 is 0. The van der Waals surface area contributed by atoms with E-state index in [1.54, 1.807) is 0 Å². The van der Waals surface area contributed by atoms with Crippen LogP contribution >= 0.6 is 0 Å². The fourth-order valence-electron chi connectivity index (χ4n) is 2.42. The minimum Gasteiger partial charge on any atom is -0.395 e. The van der Waals surface area contributed by atoms with E-state index in [0.717, 1.165) is 25.9 Å². The van der Waals surface area contributed by atoms with E-state index in [1.165, 1.54) is 0 Å². The minimum absolute atomic E-state index is 0.0380. The summed E-state index contributed by atoms with van der Waals surface area (Å²) in [5.41, 5.74) is 5.68. The molecular formula is C13H27N3O2. The standard InChI is InChI=1S/C13H27N3O2/c1-11(14)3-4-13(18)16(9-10-17)12-5-7-15(2)8-6-12/h11-12,17H,3-10,14H2,1-2H3. The van der Waals surface area contributed by atoms with Crippen LogP contribution in [0.1, 0.15) is 32.6 Å². The quantitative estimate of drug-likeness (QED) is 0.704. The Morgan fingerprint density at radius 2 is 2.11 bits per heavy atom. The summed E-state index contributed by atoms with van der Waals surface area (Å²) in [7, 11) is 2.10. The Hall–Kier alpha value is -0.650. The van der Waals surface area contributed by atoms with Gasteiger partial charge in [-0.1, -0.05) is 0 Å². The van der Waals surface area contributed by atoms with Crippen molar-refractivity contribution in [1.82, 2.24) is 9.80 Å². The van der Waals surface area contributed by atoms with Gasteiger partial charge in [-0.15, -0.1) is 0 Å². The third-order valence-electron chi connectivity index (χ3n) is 3.60. The number of hydrogen-bond donors (Lipinski definition) is 2. The number of carbonyl (C=O) groups excluding carboxylic acids is 1. The van der Waals surface area contributed by atoms with Gasteiger partial charge in [0.25, 0.3) is 0 Å². The Morgan fingerprint density at radius 3 is 2.61 bits per heavy atom. The highest BCUT2D eigenvalue weighted by atomic mass is 16.3. The van der Waals surface area contributed by atoms with Crippen LogP contribution in [0.4, 0.5) is 0 Å². The number of aliphatic hydroxyl groups excluding tert-OH is 1. The third kappa shape index (κ3) is 4.92. The Bertz CT molecular complexity index is 251. The molecule has 0 aromatic rings. The first kappa shape index (κ1) is 15.4. The molecule has 1 heterocycles. The Kier molecular flexibility index (Phi) is 6.60. The highest BCUT2D eigenvalue weighted by Gasteiger charge is 2.26. The maximum absolute atomic E-state index is 12.2. The van der Waals surface area contributed by atoms with Crippen LogP contribution in [-0.4, -0.2) is 66.2 Å². The first-order valence-electron chi connectivity index (χ1n) is 6.89. The lowest BCUT2D eigenvalue weighted by atomic mass is 10.0. The smallest absolute Gasteiger partial charge is 0.222 e.